The molecule has 2 heterocycles. The van der Waals surface area contributed by atoms with Gasteiger partial charge >= 0.3 is 6.18 Å². The fourth-order valence-electron chi connectivity index (χ4n) is 2.94. The molecule has 4 rings (SSSR count). The van der Waals surface area contributed by atoms with Gasteiger partial charge in [-0.05, 0) is 25.1 Å². The van der Waals surface area contributed by atoms with E-state index in [1.165, 1.54) is 30.3 Å². The van der Waals surface area contributed by atoms with Gasteiger partial charge in [-0.25, -0.2) is 9.50 Å². The lowest BCUT2D eigenvalue weighted by molar-refractivity contribution is -0.142. The molecule has 0 aliphatic rings. The van der Waals surface area contributed by atoms with Crippen molar-refractivity contribution in [2.45, 2.75) is 13.1 Å². The molecule has 0 aliphatic heterocycles. The number of aromatic nitrogens is 3. The molecule has 2 aromatic heterocycles. The number of phenols is 1. The second-order valence-corrected chi connectivity index (χ2v) is 6.69. The van der Waals surface area contributed by atoms with Crippen LogP contribution in [0.5, 0.6) is 5.75 Å². The number of phenolic OH excluding ortho intramolecular Hbond substituents is 1. The zero-order valence-corrected chi connectivity index (χ0v) is 15.6. The number of amides is 1. The number of aromatic hydroxyl groups is 1. The second kappa shape index (κ2) is 7.18. The first-order chi connectivity index (χ1) is 14.2. The Balaban J connectivity index is 1.78. The van der Waals surface area contributed by atoms with E-state index in [9.17, 15) is 23.1 Å². The fraction of sp³-hybridized carbons (Fsp3) is 0.0952. The first-order valence-corrected chi connectivity index (χ1v) is 8.86. The molecule has 0 spiro atoms. The topological polar surface area (TPSA) is 79.5 Å². The number of anilines is 1. The molecule has 0 fully saturated rings. The first kappa shape index (κ1) is 19.4. The van der Waals surface area contributed by atoms with Crippen molar-refractivity contribution in [2.75, 3.05) is 5.32 Å². The summed E-state index contributed by atoms with van der Waals surface area (Å²) in [5.74, 6) is -0.789. The quantitative estimate of drug-likeness (QED) is 0.512. The lowest BCUT2D eigenvalue weighted by Crippen LogP contribution is -2.15. The third-order valence-electron chi connectivity index (χ3n) is 4.40. The number of halogens is 3. The number of benzene rings is 2. The molecule has 9 heteroatoms. The molecule has 152 valence electrons. The number of carbonyl (C=O) groups is 1. The molecule has 0 radical (unpaired) electrons. The highest BCUT2D eigenvalue weighted by Gasteiger charge is 2.35. The first-order valence-electron chi connectivity index (χ1n) is 8.86. The number of hydrogen-bond donors (Lipinski definition) is 2. The number of alkyl halides is 3. The standard InChI is InChI=1S/C21H15F3N4O2/c1-12-5-7-13(8-6-12)16-10-18(21(22,23)24)28-19(26-16)11-17(27-28)20(30)25-14-3-2-4-15(29)9-14/h2-11,29H,1H3,(H,25,30). The van der Waals surface area contributed by atoms with Crippen molar-refractivity contribution < 1.29 is 23.1 Å². The van der Waals surface area contributed by atoms with Gasteiger partial charge in [0.1, 0.15) is 5.75 Å². The number of carbonyl (C=O) groups excluding carboxylic acids is 1. The largest absolute Gasteiger partial charge is 0.508 e. The van der Waals surface area contributed by atoms with Crippen molar-refractivity contribution in [3.8, 4) is 17.0 Å². The molecule has 0 aliphatic carbocycles. The van der Waals surface area contributed by atoms with Crippen LogP contribution in [0, 0.1) is 6.92 Å². The number of rotatable bonds is 3. The molecule has 2 N–H and O–H groups in total. The third kappa shape index (κ3) is 3.82. The highest BCUT2D eigenvalue weighted by atomic mass is 19.4. The number of nitrogens with one attached hydrogen (secondary N) is 1. The molecule has 0 bridgehead atoms. The minimum atomic E-state index is -4.70. The Morgan fingerprint density at radius 3 is 2.47 bits per heavy atom. The number of aryl methyl sites for hydroxylation is 1. The van der Waals surface area contributed by atoms with Gasteiger partial charge in [0.25, 0.3) is 5.91 Å². The molecule has 0 saturated carbocycles. The number of nitrogens with zero attached hydrogens (tertiary/aromatic N) is 3. The normalized spacial score (nSPS) is 11.6. The van der Waals surface area contributed by atoms with Crippen molar-refractivity contribution in [3.63, 3.8) is 0 Å². The third-order valence-corrected chi connectivity index (χ3v) is 4.40. The molecule has 0 saturated heterocycles. The van der Waals surface area contributed by atoms with Crippen molar-refractivity contribution in [2.24, 2.45) is 0 Å². The van der Waals surface area contributed by atoms with E-state index in [-0.39, 0.29) is 28.5 Å². The minimum absolute atomic E-state index is 0.0634. The fourth-order valence-corrected chi connectivity index (χ4v) is 2.94. The molecule has 2 aromatic carbocycles. The molecule has 30 heavy (non-hydrogen) atoms. The lowest BCUT2D eigenvalue weighted by Gasteiger charge is -2.11. The van der Waals surface area contributed by atoms with E-state index in [0.717, 1.165) is 11.6 Å². The summed E-state index contributed by atoms with van der Waals surface area (Å²) in [6, 6.07) is 14.8. The molecule has 1 amide bonds. The highest BCUT2D eigenvalue weighted by molar-refractivity contribution is 6.03. The summed E-state index contributed by atoms with van der Waals surface area (Å²) in [5, 5.41) is 15.8. The van der Waals surface area contributed by atoms with E-state index in [2.05, 4.69) is 15.4 Å². The SMILES string of the molecule is Cc1ccc(-c2cc(C(F)(F)F)n3nc(C(=O)Nc4cccc(O)c4)cc3n2)cc1. The molecule has 6 nitrogen and oxygen atoms in total. The van der Waals surface area contributed by atoms with Crippen LogP contribution in [0.2, 0.25) is 0 Å². The Hall–Kier alpha value is -3.88. The Kier molecular flexibility index (Phi) is 4.65. The van der Waals surface area contributed by atoms with Gasteiger partial charge in [0, 0.05) is 23.4 Å². The van der Waals surface area contributed by atoms with Crippen LogP contribution in [0.3, 0.4) is 0 Å². The predicted molar refractivity (Wildman–Crippen MR) is 104 cm³/mol. The van der Waals surface area contributed by atoms with Crippen molar-refractivity contribution >= 4 is 17.2 Å². The second-order valence-electron chi connectivity index (χ2n) is 6.69. The van der Waals surface area contributed by atoms with E-state index in [1.807, 2.05) is 6.92 Å². The van der Waals surface area contributed by atoms with Gasteiger partial charge < -0.3 is 10.4 Å². The van der Waals surface area contributed by atoms with Gasteiger partial charge in [-0.15, -0.1) is 0 Å². The highest BCUT2D eigenvalue weighted by Crippen LogP contribution is 2.32. The van der Waals surface area contributed by atoms with Gasteiger partial charge in [0.15, 0.2) is 17.0 Å². The molecule has 0 unspecified atom stereocenters. The van der Waals surface area contributed by atoms with Gasteiger partial charge in [-0.3, -0.25) is 4.79 Å². The lowest BCUT2D eigenvalue weighted by atomic mass is 10.1. The van der Waals surface area contributed by atoms with Crippen molar-refractivity contribution in [1.82, 2.24) is 14.6 Å². The van der Waals surface area contributed by atoms with Gasteiger partial charge in [0.2, 0.25) is 0 Å². The summed E-state index contributed by atoms with van der Waals surface area (Å²) in [4.78, 5) is 16.7. The summed E-state index contributed by atoms with van der Waals surface area (Å²) in [7, 11) is 0. The Morgan fingerprint density at radius 1 is 1.07 bits per heavy atom. The molecule has 4 aromatic rings. The van der Waals surface area contributed by atoms with Crippen molar-refractivity contribution in [3.05, 3.63) is 77.6 Å². The Morgan fingerprint density at radius 2 is 1.80 bits per heavy atom. The van der Waals surface area contributed by atoms with E-state index in [0.29, 0.717) is 10.1 Å². The minimum Gasteiger partial charge on any atom is -0.508 e. The van der Waals surface area contributed by atoms with Crippen LogP contribution in [0.25, 0.3) is 16.9 Å². The molecule has 0 atom stereocenters. The van der Waals surface area contributed by atoms with Gasteiger partial charge in [-0.2, -0.15) is 18.3 Å². The molecular formula is C21H15F3N4O2. The zero-order chi connectivity index (χ0) is 21.5. The average molecular weight is 412 g/mol. The zero-order valence-electron chi connectivity index (χ0n) is 15.6. The monoisotopic (exact) mass is 412 g/mol. The van der Waals surface area contributed by atoms with Crippen LogP contribution < -0.4 is 5.32 Å². The van der Waals surface area contributed by atoms with Crippen LogP contribution >= 0.6 is 0 Å². The summed E-state index contributed by atoms with van der Waals surface area (Å²) in [6.45, 7) is 1.87. The average Bonchev–Trinajstić information content (AvgIpc) is 3.11. The Bertz CT molecular complexity index is 1250. The van der Waals surface area contributed by atoms with Gasteiger partial charge in [-0.1, -0.05) is 35.9 Å². The van der Waals surface area contributed by atoms with E-state index in [1.54, 1.807) is 24.3 Å². The maximum atomic E-state index is 13.7. The summed E-state index contributed by atoms with van der Waals surface area (Å²) in [5.41, 5.74) is 0.487. The van der Waals surface area contributed by atoms with Crippen molar-refractivity contribution in [1.29, 1.82) is 0 Å². The predicted octanol–water partition coefficient (Wildman–Crippen LogP) is 4.68. The summed E-state index contributed by atoms with van der Waals surface area (Å²) < 4.78 is 41.6. The maximum Gasteiger partial charge on any atom is 0.433 e. The van der Waals surface area contributed by atoms with E-state index in [4.69, 9.17) is 0 Å². The van der Waals surface area contributed by atoms with Crippen LogP contribution in [0.4, 0.5) is 18.9 Å². The smallest absolute Gasteiger partial charge is 0.433 e. The van der Waals surface area contributed by atoms with Gasteiger partial charge in [0.05, 0.1) is 5.69 Å². The maximum absolute atomic E-state index is 13.7. The van der Waals surface area contributed by atoms with Crippen LogP contribution in [-0.4, -0.2) is 25.6 Å². The number of hydrogen-bond acceptors (Lipinski definition) is 4. The summed E-state index contributed by atoms with van der Waals surface area (Å²) >= 11 is 0. The van der Waals surface area contributed by atoms with Crippen LogP contribution in [-0.2, 0) is 6.18 Å². The molecular weight excluding hydrogens is 397 g/mol. The van der Waals surface area contributed by atoms with E-state index >= 15 is 0 Å². The van der Waals surface area contributed by atoms with Crippen LogP contribution in [0.1, 0.15) is 21.7 Å². The number of fused-ring (bicyclic) bond motifs is 1. The Labute approximate surface area is 168 Å². The summed E-state index contributed by atoms with van der Waals surface area (Å²) in [6.07, 6.45) is -4.70. The van der Waals surface area contributed by atoms with E-state index < -0.39 is 17.8 Å². The van der Waals surface area contributed by atoms with Crippen LogP contribution in [0.15, 0.2) is 60.7 Å².